The molecule has 0 spiro atoms. The summed E-state index contributed by atoms with van der Waals surface area (Å²) in [6, 6.07) is 5.46. The molecular formula is C14H9F3N2O3S. The summed E-state index contributed by atoms with van der Waals surface area (Å²) < 4.78 is 66.1. The number of anilines is 1. The van der Waals surface area contributed by atoms with Gasteiger partial charge in [0.05, 0.1) is 12.2 Å². The third-order valence-corrected chi connectivity index (χ3v) is 4.70. The van der Waals surface area contributed by atoms with E-state index in [0.717, 1.165) is 4.90 Å². The number of fused-ring (bicyclic) bond motifs is 1. The van der Waals surface area contributed by atoms with Crippen molar-refractivity contribution < 1.29 is 26.4 Å². The second-order valence-corrected chi connectivity index (χ2v) is 6.46. The number of benzene rings is 2. The molecule has 0 atom stereocenters. The van der Waals surface area contributed by atoms with E-state index in [1.807, 2.05) is 0 Å². The van der Waals surface area contributed by atoms with E-state index in [1.165, 1.54) is 24.3 Å². The average molecular weight is 342 g/mol. The summed E-state index contributed by atoms with van der Waals surface area (Å²) >= 11 is 0. The summed E-state index contributed by atoms with van der Waals surface area (Å²) in [6.07, 6.45) is 0. The second kappa shape index (κ2) is 5.27. The lowest BCUT2D eigenvalue weighted by molar-refractivity contribution is 0.250. The molecule has 9 heteroatoms. The summed E-state index contributed by atoms with van der Waals surface area (Å²) in [5.41, 5.74) is -0.560. The van der Waals surface area contributed by atoms with Crippen molar-refractivity contribution in [1.29, 1.82) is 0 Å². The minimum Gasteiger partial charge on any atom is -0.288 e. The maximum absolute atomic E-state index is 13.8. The minimum absolute atomic E-state index is 0.0145. The summed E-state index contributed by atoms with van der Waals surface area (Å²) in [5.74, 6) is -3.42. The summed E-state index contributed by atoms with van der Waals surface area (Å²) in [6.45, 7) is -0.587. The molecule has 1 heterocycles. The molecule has 0 unspecified atom stereocenters. The number of halogens is 3. The number of amides is 2. The maximum Gasteiger partial charge on any atom is 0.336 e. The molecule has 0 fully saturated rings. The molecule has 0 bridgehead atoms. The highest BCUT2D eigenvalue weighted by Gasteiger charge is 2.34. The van der Waals surface area contributed by atoms with Gasteiger partial charge < -0.3 is 0 Å². The van der Waals surface area contributed by atoms with Crippen molar-refractivity contribution >= 4 is 21.7 Å². The van der Waals surface area contributed by atoms with Gasteiger partial charge in [0.2, 0.25) is 0 Å². The Bertz CT molecular complexity index is 892. The molecule has 2 aromatic carbocycles. The number of urea groups is 1. The van der Waals surface area contributed by atoms with Crippen molar-refractivity contribution in [2.24, 2.45) is 0 Å². The SMILES string of the molecule is O=C1NS(=O)(=O)c2ccccc2N1Cc1c(F)cc(F)cc1F. The van der Waals surface area contributed by atoms with E-state index in [-0.39, 0.29) is 10.6 Å². The van der Waals surface area contributed by atoms with Gasteiger partial charge in [-0.1, -0.05) is 12.1 Å². The average Bonchev–Trinajstić information content (AvgIpc) is 2.45. The van der Waals surface area contributed by atoms with Crippen LogP contribution in [0.25, 0.3) is 0 Å². The lowest BCUT2D eigenvalue weighted by Crippen LogP contribution is -2.47. The van der Waals surface area contributed by atoms with Crippen molar-refractivity contribution in [2.75, 3.05) is 4.90 Å². The number of carbonyl (C=O) groups excluding carboxylic acids is 1. The number of nitrogens with zero attached hydrogens (tertiary/aromatic N) is 1. The highest BCUT2D eigenvalue weighted by atomic mass is 32.2. The lowest BCUT2D eigenvalue weighted by atomic mass is 10.1. The third kappa shape index (κ3) is 2.63. The highest BCUT2D eigenvalue weighted by Crippen LogP contribution is 2.31. The first-order valence-electron chi connectivity index (χ1n) is 6.36. The maximum atomic E-state index is 13.8. The zero-order valence-corrected chi connectivity index (χ0v) is 12.2. The molecule has 5 nitrogen and oxygen atoms in total. The van der Waals surface area contributed by atoms with Crippen molar-refractivity contribution in [3.05, 3.63) is 59.4 Å². The van der Waals surface area contributed by atoms with Crippen LogP contribution in [0.3, 0.4) is 0 Å². The van der Waals surface area contributed by atoms with Gasteiger partial charge >= 0.3 is 6.03 Å². The van der Waals surface area contributed by atoms with Gasteiger partial charge in [0.25, 0.3) is 10.0 Å². The molecule has 0 aromatic heterocycles. The number of rotatable bonds is 2. The van der Waals surface area contributed by atoms with Crippen LogP contribution < -0.4 is 9.62 Å². The first kappa shape index (κ1) is 15.3. The Morgan fingerprint density at radius 3 is 2.30 bits per heavy atom. The fraction of sp³-hybridized carbons (Fsp3) is 0.0714. The molecule has 2 aromatic rings. The Kier molecular flexibility index (Phi) is 3.52. The first-order valence-corrected chi connectivity index (χ1v) is 7.84. The molecule has 3 rings (SSSR count). The Hall–Kier alpha value is -2.55. The standard InChI is InChI=1S/C14H9F3N2O3S/c15-8-5-10(16)9(11(17)6-8)7-19-12-3-1-2-4-13(12)23(21,22)18-14(19)20/h1-6H,7H2,(H,18,20). The molecule has 1 N–H and O–H groups in total. The van der Waals surface area contributed by atoms with Gasteiger partial charge in [-0.3, -0.25) is 4.90 Å². The molecule has 1 aliphatic rings. The van der Waals surface area contributed by atoms with Crippen LogP contribution in [0.2, 0.25) is 0 Å². The number of carbonyl (C=O) groups is 1. The minimum atomic E-state index is -4.03. The molecule has 0 saturated carbocycles. The molecule has 2 amide bonds. The van der Waals surface area contributed by atoms with E-state index in [0.29, 0.717) is 12.1 Å². The van der Waals surface area contributed by atoms with Crippen LogP contribution in [0.5, 0.6) is 0 Å². The van der Waals surface area contributed by atoms with Crippen molar-refractivity contribution in [1.82, 2.24) is 4.72 Å². The fourth-order valence-electron chi connectivity index (χ4n) is 2.28. The van der Waals surface area contributed by atoms with Crippen molar-refractivity contribution in [3.63, 3.8) is 0 Å². The predicted octanol–water partition coefficient (Wildman–Crippen LogP) is 2.52. The van der Waals surface area contributed by atoms with Gasteiger partial charge in [-0.2, -0.15) is 0 Å². The zero-order chi connectivity index (χ0) is 16.8. The summed E-state index contributed by atoms with van der Waals surface area (Å²) in [5, 5.41) is 0. The number of sulfonamides is 1. The largest absolute Gasteiger partial charge is 0.336 e. The quantitative estimate of drug-likeness (QED) is 0.912. The van der Waals surface area contributed by atoms with Gasteiger partial charge in [-0.15, -0.1) is 0 Å². The number of para-hydroxylation sites is 1. The number of hydrogen-bond acceptors (Lipinski definition) is 3. The number of nitrogens with one attached hydrogen (secondary N) is 1. The van der Waals surface area contributed by atoms with Gasteiger partial charge in [-0.05, 0) is 12.1 Å². The van der Waals surface area contributed by atoms with Crippen LogP contribution in [-0.2, 0) is 16.6 Å². The van der Waals surface area contributed by atoms with Crippen molar-refractivity contribution in [2.45, 2.75) is 11.4 Å². The van der Waals surface area contributed by atoms with Gasteiger partial charge in [-0.25, -0.2) is 31.1 Å². The van der Waals surface area contributed by atoms with E-state index in [2.05, 4.69) is 0 Å². The predicted molar refractivity (Wildman–Crippen MR) is 74.7 cm³/mol. The second-order valence-electron chi connectivity index (χ2n) is 4.81. The third-order valence-electron chi connectivity index (χ3n) is 3.33. The van der Waals surface area contributed by atoms with Gasteiger partial charge in [0.1, 0.15) is 22.3 Å². The van der Waals surface area contributed by atoms with Crippen LogP contribution >= 0.6 is 0 Å². The van der Waals surface area contributed by atoms with E-state index in [4.69, 9.17) is 0 Å². The fourth-order valence-corrected chi connectivity index (χ4v) is 3.44. The Labute approximate surface area is 129 Å². The van der Waals surface area contributed by atoms with Crippen LogP contribution in [0, 0.1) is 17.5 Å². The molecule has 1 aliphatic heterocycles. The number of hydrogen-bond donors (Lipinski definition) is 1. The van der Waals surface area contributed by atoms with E-state index in [1.54, 1.807) is 4.72 Å². The zero-order valence-electron chi connectivity index (χ0n) is 11.4. The van der Waals surface area contributed by atoms with Gasteiger partial charge in [0.15, 0.2) is 0 Å². The summed E-state index contributed by atoms with van der Waals surface area (Å²) in [7, 11) is -4.03. The monoisotopic (exact) mass is 342 g/mol. The highest BCUT2D eigenvalue weighted by molar-refractivity contribution is 7.90. The van der Waals surface area contributed by atoms with Crippen molar-refractivity contribution in [3.8, 4) is 0 Å². The van der Waals surface area contributed by atoms with E-state index >= 15 is 0 Å². The molecule has 0 saturated heterocycles. The van der Waals surface area contributed by atoms with Gasteiger partial charge in [0, 0.05) is 17.7 Å². The normalized spacial score (nSPS) is 16.0. The van der Waals surface area contributed by atoms with Crippen LogP contribution in [0.15, 0.2) is 41.3 Å². The lowest BCUT2D eigenvalue weighted by Gasteiger charge is -2.29. The summed E-state index contributed by atoms with van der Waals surface area (Å²) in [4.78, 5) is 12.7. The molecule has 0 radical (unpaired) electrons. The first-order chi connectivity index (χ1) is 10.8. The Morgan fingerprint density at radius 1 is 1.04 bits per heavy atom. The topological polar surface area (TPSA) is 66.5 Å². The molecular weight excluding hydrogens is 333 g/mol. The van der Waals surface area contributed by atoms with E-state index < -0.39 is 45.6 Å². The Morgan fingerprint density at radius 2 is 1.65 bits per heavy atom. The van der Waals surface area contributed by atoms with Crippen LogP contribution in [0.1, 0.15) is 5.56 Å². The van der Waals surface area contributed by atoms with Crippen LogP contribution in [-0.4, -0.2) is 14.4 Å². The molecule has 120 valence electrons. The molecule has 23 heavy (non-hydrogen) atoms. The molecule has 0 aliphatic carbocycles. The van der Waals surface area contributed by atoms with Crippen LogP contribution in [0.4, 0.5) is 23.7 Å². The Balaban J connectivity index is 2.09. The smallest absolute Gasteiger partial charge is 0.288 e. The van der Waals surface area contributed by atoms with E-state index in [9.17, 15) is 26.4 Å².